The zero-order valence-electron chi connectivity index (χ0n) is 9.37. The third kappa shape index (κ3) is 1.54. The Morgan fingerprint density at radius 2 is 1.88 bits per heavy atom. The Morgan fingerprint density at radius 3 is 2.65 bits per heavy atom. The van der Waals surface area contributed by atoms with E-state index >= 15 is 0 Å². The van der Waals surface area contributed by atoms with Crippen LogP contribution in [-0.4, -0.2) is 14.0 Å². The van der Waals surface area contributed by atoms with Crippen LogP contribution in [0.1, 0.15) is 0 Å². The molecule has 4 nitrogen and oxygen atoms in total. The van der Waals surface area contributed by atoms with Crippen LogP contribution in [0.5, 0.6) is 0 Å². The van der Waals surface area contributed by atoms with E-state index in [4.69, 9.17) is 0 Å². The molecule has 3 aromatic rings. The molecule has 0 atom stereocenters. The van der Waals surface area contributed by atoms with Gasteiger partial charge in [0.05, 0.1) is 5.69 Å². The largest absolute Gasteiger partial charge is 0.353 e. The molecule has 17 heavy (non-hydrogen) atoms. The Hall–Kier alpha value is -2.36. The zero-order chi connectivity index (χ0) is 11.8. The van der Waals surface area contributed by atoms with Crippen LogP contribution in [0.2, 0.25) is 0 Å². The topological polar surface area (TPSA) is 39.3 Å². The summed E-state index contributed by atoms with van der Waals surface area (Å²) in [6.07, 6.45) is 3.56. The van der Waals surface area contributed by atoms with Gasteiger partial charge in [-0.05, 0) is 0 Å². The van der Waals surface area contributed by atoms with E-state index in [0.29, 0.717) is 5.69 Å². The van der Waals surface area contributed by atoms with Gasteiger partial charge in [0.1, 0.15) is 5.65 Å². The molecule has 0 unspecified atom stereocenters. The molecule has 84 valence electrons. The number of rotatable bonds is 1. The second-order valence-corrected chi connectivity index (χ2v) is 3.93. The highest BCUT2D eigenvalue weighted by Gasteiger charge is 2.05. The smallest absolute Gasteiger partial charge is 0.336 e. The lowest BCUT2D eigenvalue weighted by Crippen LogP contribution is -2.16. The molecule has 0 saturated heterocycles. The van der Waals surface area contributed by atoms with Gasteiger partial charge in [-0.2, -0.15) is 4.98 Å². The molecule has 3 rings (SSSR count). The first kappa shape index (κ1) is 9.84. The molecule has 0 fully saturated rings. The summed E-state index contributed by atoms with van der Waals surface area (Å²) in [7, 11) is 1.91. The van der Waals surface area contributed by atoms with Gasteiger partial charge in [0, 0.05) is 31.1 Å². The maximum Gasteiger partial charge on any atom is 0.353 e. The fourth-order valence-corrected chi connectivity index (χ4v) is 1.89. The highest BCUT2D eigenvalue weighted by Crippen LogP contribution is 2.16. The number of hydrogen-bond donors (Lipinski definition) is 0. The fourth-order valence-electron chi connectivity index (χ4n) is 1.89. The monoisotopic (exact) mass is 225 g/mol. The highest BCUT2D eigenvalue weighted by atomic mass is 16.1. The number of aromatic nitrogens is 3. The number of nitrogens with zero attached hydrogens (tertiary/aromatic N) is 3. The molecule has 0 aliphatic heterocycles. The number of aryl methyl sites for hydroxylation is 1. The highest BCUT2D eigenvalue weighted by molar-refractivity contribution is 5.63. The molecule has 2 aromatic heterocycles. The fraction of sp³-hybridized carbons (Fsp3) is 0.0769. The number of benzene rings is 1. The Kier molecular flexibility index (Phi) is 2.08. The van der Waals surface area contributed by atoms with Gasteiger partial charge >= 0.3 is 5.69 Å². The van der Waals surface area contributed by atoms with Crippen LogP contribution in [0.4, 0.5) is 0 Å². The lowest BCUT2D eigenvalue weighted by atomic mass is 10.1. The Labute approximate surface area is 97.8 Å². The minimum absolute atomic E-state index is 0.248. The Balaban J connectivity index is 2.32. The standard InChI is InChI=1S/C13H11N3O/c1-15-7-8-16-12(15)9-11(14-13(16)17)10-5-3-2-4-6-10/h2-9H,1H3. The van der Waals surface area contributed by atoms with E-state index in [0.717, 1.165) is 11.2 Å². The molecule has 0 bridgehead atoms. The first-order valence-corrected chi connectivity index (χ1v) is 5.36. The van der Waals surface area contributed by atoms with Crippen molar-refractivity contribution in [3.63, 3.8) is 0 Å². The molecule has 4 heteroatoms. The molecule has 0 amide bonds. The number of hydrogen-bond acceptors (Lipinski definition) is 2. The molecule has 0 saturated carbocycles. The molecule has 1 aromatic carbocycles. The van der Waals surface area contributed by atoms with Gasteiger partial charge in [-0.15, -0.1) is 0 Å². The predicted octanol–water partition coefficient (Wildman–Crippen LogP) is 1.70. The second kappa shape index (κ2) is 3.59. The quantitative estimate of drug-likeness (QED) is 0.632. The van der Waals surface area contributed by atoms with Crippen molar-refractivity contribution in [2.24, 2.45) is 7.05 Å². The van der Waals surface area contributed by atoms with Gasteiger partial charge in [0.25, 0.3) is 0 Å². The summed E-state index contributed by atoms with van der Waals surface area (Å²) in [5, 5.41) is 0. The summed E-state index contributed by atoms with van der Waals surface area (Å²) in [5.41, 5.74) is 2.25. The summed E-state index contributed by atoms with van der Waals surface area (Å²) in [4.78, 5) is 15.9. The van der Waals surface area contributed by atoms with Crippen molar-refractivity contribution in [2.75, 3.05) is 0 Å². The third-order valence-corrected chi connectivity index (χ3v) is 2.81. The predicted molar refractivity (Wildman–Crippen MR) is 65.9 cm³/mol. The van der Waals surface area contributed by atoms with Crippen LogP contribution >= 0.6 is 0 Å². The van der Waals surface area contributed by atoms with Crippen LogP contribution in [0.15, 0.2) is 53.6 Å². The van der Waals surface area contributed by atoms with Gasteiger partial charge in [-0.3, -0.25) is 4.40 Å². The summed E-state index contributed by atoms with van der Waals surface area (Å²) < 4.78 is 3.43. The maximum atomic E-state index is 11.8. The van der Waals surface area contributed by atoms with Gasteiger partial charge in [0.2, 0.25) is 0 Å². The molecule has 0 aliphatic rings. The summed E-state index contributed by atoms with van der Waals surface area (Å²) in [6.45, 7) is 0. The first-order valence-electron chi connectivity index (χ1n) is 5.36. The lowest BCUT2D eigenvalue weighted by Gasteiger charge is -2.02. The van der Waals surface area contributed by atoms with E-state index < -0.39 is 0 Å². The number of fused-ring (bicyclic) bond motifs is 1. The molecule has 2 heterocycles. The van der Waals surface area contributed by atoms with Crippen molar-refractivity contribution in [1.82, 2.24) is 14.0 Å². The molecule has 0 spiro atoms. The van der Waals surface area contributed by atoms with Crippen molar-refractivity contribution >= 4 is 5.65 Å². The molecule has 0 aliphatic carbocycles. The summed E-state index contributed by atoms with van der Waals surface area (Å²) in [6, 6.07) is 11.6. The average molecular weight is 225 g/mol. The maximum absolute atomic E-state index is 11.8. The third-order valence-electron chi connectivity index (χ3n) is 2.81. The van der Waals surface area contributed by atoms with Crippen molar-refractivity contribution < 1.29 is 0 Å². The van der Waals surface area contributed by atoms with Crippen LogP contribution < -0.4 is 5.69 Å². The van der Waals surface area contributed by atoms with Gasteiger partial charge in [-0.25, -0.2) is 4.79 Å². The van der Waals surface area contributed by atoms with E-state index in [1.54, 1.807) is 6.20 Å². The molecule has 0 radical (unpaired) electrons. The van der Waals surface area contributed by atoms with Crippen LogP contribution in [0.3, 0.4) is 0 Å². The van der Waals surface area contributed by atoms with Crippen LogP contribution in [-0.2, 0) is 7.05 Å². The Morgan fingerprint density at radius 1 is 1.12 bits per heavy atom. The Bertz CT molecular complexity index is 725. The SMILES string of the molecule is Cn1ccn2c(=O)nc(-c3ccccc3)cc12. The van der Waals surface area contributed by atoms with E-state index in [2.05, 4.69) is 4.98 Å². The van der Waals surface area contributed by atoms with Crippen LogP contribution in [0.25, 0.3) is 16.9 Å². The molecular weight excluding hydrogens is 214 g/mol. The van der Waals surface area contributed by atoms with Crippen LogP contribution in [0, 0.1) is 0 Å². The zero-order valence-corrected chi connectivity index (χ0v) is 9.37. The van der Waals surface area contributed by atoms with Crippen molar-refractivity contribution in [3.05, 3.63) is 59.3 Å². The van der Waals surface area contributed by atoms with E-state index in [1.807, 2.05) is 54.2 Å². The summed E-state index contributed by atoms with van der Waals surface area (Å²) in [5.74, 6) is 0. The lowest BCUT2D eigenvalue weighted by molar-refractivity contribution is 0.929. The molecule has 0 N–H and O–H groups in total. The van der Waals surface area contributed by atoms with Crippen molar-refractivity contribution in [2.45, 2.75) is 0 Å². The minimum atomic E-state index is -0.248. The minimum Gasteiger partial charge on any atom is -0.336 e. The second-order valence-electron chi connectivity index (χ2n) is 3.93. The van der Waals surface area contributed by atoms with E-state index in [-0.39, 0.29) is 5.69 Å². The first-order chi connectivity index (χ1) is 8.25. The van der Waals surface area contributed by atoms with Gasteiger partial charge in [0.15, 0.2) is 0 Å². The normalized spacial score (nSPS) is 10.9. The van der Waals surface area contributed by atoms with E-state index in [1.165, 1.54) is 4.40 Å². The van der Waals surface area contributed by atoms with Crippen molar-refractivity contribution in [1.29, 1.82) is 0 Å². The van der Waals surface area contributed by atoms with Gasteiger partial charge < -0.3 is 4.57 Å². The van der Waals surface area contributed by atoms with E-state index in [9.17, 15) is 4.79 Å². The van der Waals surface area contributed by atoms with Gasteiger partial charge in [-0.1, -0.05) is 30.3 Å². The molecular formula is C13H11N3O. The number of imidazole rings is 1. The van der Waals surface area contributed by atoms with Crippen molar-refractivity contribution in [3.8, 4) is 11.3 Å². The average Bonchev–Trinajstić information content (AvgIpc) is 2.73. The summed E-state index contributed by atoms with van der Waals surface area (Å²) >= 11 is 0.